The Balaban J connectivity index is 0.000000131. The van der Waals surface area contributed by atoms with E-state index in [2.05, 4.69) is 40.8 Å². The van der Waals surface area contributed by atoms with Gasteiger partial charge in [0.2, 0.25) is 0 Å². The maximum Gasteiger partial charge on any atom is 0.497 e. The van der Waals surface area contributed by atoms with Crippen molar-refractivity contribution in [3.63, 3.8) is 0 Å². The third-order valence-electron chi connectivity index (χ3n) is 13.0. The lowest BCUT2D eigenvalue weighted by atomic mass is 9.79. The van der Waals surface area contributed by atoms with Crippen molar-refractivity contribution in [1.29, 1.82) is 0 Å². The van der Waals surface area contributed by atoms with Gasteiger partial charge in [-0.3, -0.25) is 0 Å². The number of halogens is 1. The van der Waals surface area contributed by atoms with E-state index >= 15 is 0 Å². The molecule has 3 aromatic carbocycles. The van der Waals surface area contributed by atoms with E-state index in [1.165, 1.54) is 24.3 Å². The van der Waals surface area contributed by atoms with Crippen LogP contribution in [0.3, 0.4) is 0 Å². The van der Waals surface area contributed by atoms with Gasteiger partial charge in [0.25, 0.3) is 30.1 Å². The quantitative estimate of drug-likeness (QED) is 0.148. The molecule has 8 aromatic heterocycles. The molecule has 388 valence electrons. The zero-order valence-corrected chi connectivity index (χ0v) is 46.4. The van der Waals surface area contributed by atoms with Gasteiger partial charge in [0.1, 0.15) is 5.65 Å². The van der Waals surface area contributed by atoms with E-state index in [9.17, 15) is 25.3 Å². The average Bonchev–Trinajstić information content (AvgIpc) is 4.34. The monoisotopic (exact) mass is 1140 g/mol. The molecule has 9 heterocycles. The predicted octanol–water partition coefficient (Wildman–Crippen LogP) is 10.4. The molecule has 11 aromatic rings. The van der Waals surface area contributed by atoms with Gasteiger partial charge in [0.15, 0.2) is 16.9 Å². The van der Waals surface area contributed by atoms with Gasteiger partial charge < -0.3 is 14.3 Å². The van der Waals surface area contributed by atoms with Crippen molar-refractivity contribution < 1.29 is 34.6 Å². The van der Waals surface area contributed by atoms with E-state index in [0.29, 0.717) is 32.3 Å². The number of pyridine rings is 4. The van der Waals surface area contributed by atoms with Crippen LogP contribution in [-0.2, 0) is 39.4 Å². The maximum absolute atomic E-state index is 13.3. The third kappa shape index (κ3) is 10.6. The number of aromatic nitrogens is 8. The molecule has 16 nitrogen and oxygen atoms in total. The highest BCUT2D eigenvalue weighted by Gasteiger charge is 2.52. The molecule has 0 spiro atoms. The van der Waals surface area contributed by atoms with E-state index < -0.39 is 48.4 Å². The van der Waals surface area contributed by atoms with E-state index in [-0.39, 0.29) is 14.7 Å². The van der Waals surface area contributed by atoms with Crippen LogP contribution in [-0.4, -0.2) is 80.4 Å². The molecule has 1 fully saturated rings. The standard InChI is InChI=1S/C20H23BN2O4S.C14H11BrN2O2S.C14H12N2O2S.C7H6N2/c1-14-8-10-15(11-9-14)28(24,25)23-13-17(16-7-6-12-22-18(16)23)21-26-19(2,3)20(4,5)27-21;1-10-4-6-11(7-5-10)20(18,19)17-9-13(15)12-3-2-8-16-14(12)17;1-11-4-6-13(7-5-11)19(17,18)16-10-8-12-3-2-9-15-14(12)16;1-2-6-3-5-9-7(6)8-4-1/h6-13H,1-5H3;2-9H,1H3;2-10H,1H3;1-5H,(H,8,9). The number of hydrogen-bond acceptors (Lipinski definition) is 12. The highest BCUT2D eigenvalue weighted by Crippen LogP contribution is 2.37. The fourth-order valence-electron chi connectivity index (χ4n) is 8.06. The Bertz CT molecular complexity index is 4190. The van der Waals surface area contributed by atoms with E-state index in [4.69, 9.17) is 9.31 Å². The van der Waals surface area contributed by atoms with Gasteiger partial charge in [0, 0.05) is 81.1 Å². The Morgan fingerprint density at radius 3 is 1.42 bits per heavy atom. The summed E-state index contributed by atoms with van der Waals surface area (Å²) in [5.41, 5.74) is 4.81. The molecule has 1 aliphatic rings. The Hall–Kier alpha value is -7.27. The first-order valence-electron chi connectivity index (χ1n) is 23.8. The summed E-state index contributed by atoms with van der Waals surface area (Å²) in [5.74, 6) is 0. The van der Waals surface area contributed by atoms with E-state index in [1.807, 2.05) is 91.1 Å². The Labute approximate surface area is 449 Å². The van der Waals surface area contributed by atoms with Crippen molar-refractivity contribution >= 4 is 103 Å². The predicted molar refractivity (Wildman–Crippen MR) is 300 cm³/mol. The molecule has 0 bridgehead atoms. The highest BCUT2D eigenvalue weighted by molar-refractivity contribution is 9.10. The summed E-state index contributed by atoms with van der Waals surface area (Å²) < 4.78 is 93.6. The largest absolute Gasteiger partial charge is 0.497 e. The van der Waals surface area contributed by atoms with E-state index in [1.54, 1.807) is 128 Å². The molecule has 0 atom stereocenters. The van der Waals surface area contributed by atoms with Gasteiger partial charge in [-0.15, -0.1) is 0 Å². The normalized spacial score (nSPS) is 14.2. The average molecular weight is 1140 g/mol. The minimum Gasteiger partial charge on any atom is -0.399 e. The fraction of sp³-hybridized carbons (Fsp3) is 0.164. The molecule has 0 amide bonds. The molecule has 12 rings (SSSR count). The number of nitrogens with zero attached hydrogens (tertiary/aromatic N) is 7. The van der Waals surface area contributed by atoms with Crippen molar-refractivity contribution in [2.75, 3.05) is 0 Å². The second-order valence-corrected chi connectivity index (χ2v) is 25.2. The number of rotatable bonds is 7. The Morgan fingerprint density at radius 1 is 0.487 bits per heavy atom. The molecular formula is C55H52BBrN8O8S3. The summed E-state index contributed by atoms with van der Waals surface area (Å²) >= 11 is 3.37. The van der Waals surface area contributed by atoms with Crippen LogP contribution in [0.1, 0.15) is 44.4 Å². The zero-order valence-electron chi connectivity index (χ0n) is 42.4. The van der Waals surface area contributed by atoms with Crippen molar-refractivity contribution in [3.05, 3.63) is 204 Å². The summed E-state index contributed by atoms with van der Waals surface area (Å²) in [6.45, 7) is 13.6. The Morgan fingerprint density at radius 2 is 0.908 bits per heavy atom. The molecule has 0 aliphatic carbocycles. The molecule has 1 aliphatic heterocycles. The molecule has 0 radical (unpaired) electrons. The van der Waals surface area contributed by atoms with Crippen LogP contribution in [0.4, 0.5) is 0 Å². The van der Waals surface area contributed by atoms with Gasteiger partial charge in [-0.05, 0) is 161 Å². The minimum absolute atomic E-state index is 0.209. The van der Waals surface area contributed by atoms with Gasteiger partial charge in [-0.2, -0.15) is 0 Å². The van der Waals surface area contributed by atoms with Crippen LogP contribution in [0.2, 0.25) is 0 Å². The van der Waals surface area contributed by atoms with Crippen molar-refractivity contribution in [1.82, 2.24) is 36.8 Å². The summed E-state index contributed by atoms with van der Waals surface area (Å²) in [5, 5.41) is 3.43. The third-order valence-corrected chi connectivity index (χ3v) is 18.7. The highest BCUT2D eigenvalue weighted by atomic mass is 79.9. The number of aromatic amines is 1. The van der Waals surface area contributed by atoms with Crippen LogP contribution in [0.25, 0.3) is 44.1 Å². The van der Waals surface area contributed by atoms with Crippen LogP contribution in [0.15, 0.2) is 202 Å². The van der Waals surface area contributed by atoms with Gasteiger partial charge in [-0.25, -0.2) is 57.1 Å². The molecule has 21 heteroatoms. The summed E-state index contributed by atoms with van der Waals surface area (Å²) in [6.07, 6.45) is 13.0. The second-order valence-electron chi connectivity index (χ2n) is 18.9. The van der Waals surface area contributed by atoms with Gasteiger partial charge in [0.05, 0.1) is 25.9 Å². The van der Waals surface area contributed by atoms with Crippen molar-refractivity contribution in [3.8, 4) is 0 Å². The molecule has 0 saturated carbocycles. The van der Waals surface area contributed by atoms with Gasteiger partial charge in [-0.1, -0.05) is 53.1 Å². The number of aryl methyl sites for hydroxylation is 3. The first-order valence-corrected chi connectivity index (χ1v) is 28.9. The fourth-order valence-corrected chi connectivity index (χ4v) is 12.7. The maximum atomic E-state index is 13.3. The summed E-state index contributed by atoms with van der Waals surface area (Å²) in [4.78, 5) is 20.4. The van der Waals surface area contributed by atoms with Crippen LogP contribution in [0.5, 0.6) is 0 Å². The van der Waals surface area contributed by atoms with Crippen LogP contribution in [0, 0.1) is 20.8 Å². The lowest BCUT2D eigenvalue weighted by molar-refractivity contribution is 0.00578. The first-order chi connectivity index (χ1) is 36.1. The van der Waals surface area contributed by atoms with Crippen LogP contribution >= 0.6 is 15.9 Å². The molecule has 76 heavy (non-hydrogen) atoms. The SMILES string of the molecule is Cc1ccc(S(=O)(=O)n2cc(B3OC(C)(C)C(C)(C)O3)c3cccnc32)cc1.Cc1ccc(S(=O)(=O)n2cc(Br)c3cccnc32)cc1.Cc1ccc(S(=O)(=O)n2ccc3cccnc32)cc1.c1cnc2[nH]ccc2c1. The number of H-pyrrole nitrogens is 1. The number of nitrogens with one attached hydrogen (secondary N) is 1. The molecular weight excluding hydrogens is 1090 g/mol. The summed E-state index contributed by atoms with van der Waals surface area (Å²) in [6, 6.07) is 38.9. The smallest absolute Gasteiger partial charge is 0.399 e. The minimum atomic E-state index is -3.81. The summed E-state index contributed by atoms with van der Waals surface area (Å²) in [7, 11) is -11.7. The van der Waals surface area contributed by atoms with Gasteiger partial charge >= 0.3 is 7.12 Å². The number of hydrogen-bond donors (Lipinski definition) is 1. The van der Waals surface area contributed by atoms with Crippen molar-refractivity contribution in [2.45, 2.75) is 74.4 Å². The molecule has 1 saturated heterocycles. The Kier molecular flexibility index (Phi) is 14.8. The first kappa shape index (κ1) is 53.6. The molecule has 0 unspecified atom stereocenters. The number of benzene rings is 3. The van der Waals surface area contributed by atoms with Crippen LogP contribution < -0.4 is 5.46 Å². The topological polar surface area (TPSA) is 203 Å². The number of fused-ring (bicyclic) bond motifs is 4. The van der Waals surface area contributed by atoms with Crippen molar-refractivity contribution in [2.24, 2.45) is 0 Å². The zero-order chi connectivity index (χ0) is 54.2. The second kappa shape index (κ2) is 21.0. The lowest BCUT2D eigenvalue weighted by Gasteiger charge is -2.32. The van der Waals surface area contributed by atoms with E-state index in [0.717, 1.165) is 38.5 Å². The lowest BCUT2D eigenvalue weighted by Crippen LogP contribution is -2.41. The molecule has 1 N–H and O–H groups in total.